The summed E-state index contributed by atoms with van der Waals surface area (Å²) in [5, 5.41) is 6.40. The molecule has 0 fully saturated rings. The molecular weight excluding hydrogens is 242 g/mol. The topological polar surface area (TPSA) is 12.0 Å². The summed E-state index contributed by atoms with van der Waals surface area (Å²) in [5.41, 5.74) is 1.87. The molecule has 20 heavy (non-hydrogen) atoms. The van der Waals surface area contributed by atoms with E-state index in [1.54, 1.807) is 0 Å². The van der Waals surface area contributed by atoms with Crippen molar-refractivity contribution in [2.24, 2.45) is 5.41 Å². The molecule has 0 aromatic heterocycles. The van der Waals surface area contributed by atoms with Crippen LogP contribution in [0, 0.1) is 5.41 Å². The Morgan fingerprint density at radius 3 is 2.20 bits per heavy atom. The van der Waals surface area contributed by atoms with Crippen LogP contribution in [-0.2, 0) is 6.54 Å². The summed E-state index contributed by atoms with van der Waals surface area (Å²) in [7, 11) is 0. The first kappa shape index (κ1) is 15.1. The third-order valence-corrected chi connectivity index (χ3v) is 3.61. The Bertz CT molecular complexity index is 570. The number of benzene rings is 2. The Balaban J connectivity index is 2.13. The molecule has 0 radical (unpaired) electrons. The molecule has 0 aliphatic carbocycles. The maximum Gasteiger partial charge on any atom is 0.0216 e. The molecule has 0 aliphatic rings. The van der Waals surface area contributed by atoms with Crippen molar-refractivity contribution in [1.29, 1.82) is 0 Å². The van der Waals surface area contributed by atoms with Gasteiger partial charge in [0.25, 0.3) is 0 Å². The highest BCUT2D eigenvalue weighted by atomic mass is 15.0. The van der Waals surface area contributed by atoms with E-state index in [0.29, 0.717) is 5.41 Å². The van der Waals surface area contributed by atoms with E-state index in [4.69, 9.17) is 0 Å². The number of fused-ring (bicyclic) bond motifs is 1. The van der Waals surface area contributed by atoms with E-state index in [-0.39, 0.29) is 5.54 Å². The molecule has 0 atom stereocenters. The second-order valence-electron chi connectivity index (χ2n) is 7.61. The smallest absolute Gasteiger partial charge is 0.0216 e. The molecule has 0 saturated heterocycles. The van der Waals surface area contributed by atoms with Crippen LogP contribution in [0.5, 0.6) is 0 Å². The van der Waals surface area contributed by atoms with Crippen LogP contribution < -0.4 is 5.32 Å². The Morgan fingerprint density at radius 1 is 0.850 bits per heavy atom. The highest BCUT2D eigenvalue weighted by Crippen LogP contribution is 2.27. The van der Waals surface area contributed by atoms with Crippen molar-refractivity contribution >= 4 is 10.8 Å². The summed E-state index contributed by atoms with van der Waals surface area (Å²) in [4.78, 5) is 0. The second-order valence-corrected chi connectivity index (χ2v) is 7.61. The highest BCUT2D eigenvalue weighted by Gasteiger charge is 2.24. The summed E-state index contributed by atoms with van der Waals surface area (Å²) >= 11 is 0. The predicted octanol–water partition coefficient (Wildman–Crippen LogP) is 5.14. The first-order valence-electron chi connectivity index (χ1n) is 7.49. The average Bonchev–Trinajstić information content (AvgIpc) is 2.33. The number of hydrogen-bond acceptors (Lipinski definition) is 1. The quantitative estimate of drug-likeness (QED) is 0.810. The summed E-state index contributed by atoms with van der Waals surface area (Å²) < 4.78 is 0. The molecule has 0 amide bonds. The van der Waals surface area contributed by atoms with Crippen molar-refractivity contribution in [3.63, 3.8) is 0 Å². The summed E-state index contributed by atoms with van der Waals surface area (Å²) in [6.45, 7) is 12.4. The maximum absolute atomic E-state index is 3.72. The second kappa shape index (κ2) is 5.57. The maximum atomic E-state index is 3.72. The van der Waals surface area contributed by atoms with Crippen LogP contribution >= 0.6 is 0 Å². The largest absolute Gasteiger partial charge is 0.308 e. The SMILES string of the molecule is CC(C)(C)CC(C)(C)NCc1cccc2ccccc12. The lowest BCUT2D eigenvalue weighted by molar-refractivity contribution is 0.241. The first-order chi connectivity index (χ1) is 9.27. The van der Waals surface area contributed by atoms with Gasteiger partial charge in [-0.2, -0.15) is 0 Å². The zero-order valence-electron chi connectivity index (χ0n) is 13.5. The number of rotatable bonds is 4. The van der Waals surface area contributed by atoms with E-state index in [2.05, 4.69) is 82.4 Å². The average molecular weight is 269 g/mol. The molecule has 0 spiro atoms. The molecule has 2 aromatic rings. The molecule has 0 bridgehead atoms. The van der Waals surface area contributed by atoms with Crippen LogP contribution in [0.25, 0.3) is 10.8 Å². The fourth-order valence-electron chi connectivity index (χ4n) is 3.17. The summed E-state index contributed by atoms with van der Waals surface area (Å²) in [6, 6.07) is 15.2. The van der Waals surface area contributed by atoms with Crippen molar-refractivity contribution in [2.45, 2.75) is 53.1 Å². The van der Waals surface area contributed by atoms with Crippen LogP contribution in [0.15, 0.2) is 42.5 Å². The fraction of sp³-hybridized carbons (Fsp3) is 0.474. The number of hydrogen-bond donors (Lipinski definition) is 1. The minimum absolute atomic E-state index is 0.148. The molecule has 108 valence electrons. The third kappa shape index (κ3) is 4.08. The van der Waals surface area contributed by atoms with Gasteiger partial charge in [0.05, 0.1) is 0 Å². The van der Waals surface area contributed by atoms with Crippen LogP contribution in [0.1, 0.15) is 46.6 Å². The van der Waals surface area contributed by atoms with Gasteiger partial charge in [0.15, 0.2) is 0 Å². The molecule has 2 aromatic carbocycles. The predicted molar refractivity (Wildman–Crippen MR) is 88.9 cm³/mol. The standard InChI is InChI=1S/C19H27N/c1-18(2,3)14-19(4,5)20-13-16-11-8-10-15-9-6-7-12-17(15)16/h6-12,20H,13-14H2,1-5H3. The Kier molecular flexibility index (Phi) is 4.19. The van der Waals surface area contributed by atoms with Gasteiger partial charge in [-0.3, -0.25) is 0 Å². The van der Waals surface area contributed by atoms with E-state index in [0.717, 1.165) is 13.0 Å². The fourth-order valence-corrected chi connectivity index (χ4v) is 3.17. The molecule has 1 nitrogen and oxygen atoms in total. The lowest BCUT2D eigenvalue weighted by Gasteiger charge is -2.33. The van der Waals surface area contributed by atoms with Gasteiger partial charge in [-0.25, -0.2) is 0 Å². The lowest BCUT2D eigenvalue weighted by Crippen LogP contribution is -2.41. The molecule has 1 heteroatoms. The van der Waals surface area contributed by atoms with Gasteiger partial charge in [-0.05, 0) is 42.0 Å². The Labute approximate surface area is 123 Å². The number of nitrogens with one attached hydrogen (secondary N) is 1. The summed E-state index contributed by atoms with van der Waals surface area (Å²) in [6.07, 6.45) is 1.16. The van der Waals surface area contributed by atoms with Crippen molar-refractivity contribution in [3.8, 4) is 0 Å². The Hall–Kier alpha value is -1.34. The zero-order valence-corrected chi connectivity index (χ0v) is 13.5. The normalized spacial score (nSPS) is 12.8. The monoisotopic (exact) mass is 269 g/mol. The summed E-state index contributed by atoms with van der Waals surface area (Å²) in [5.74, 6) is 0. The van der Waals surface area contributed by atoms with E-state index in [9.17, 15) is 0 Å². The van der Waals surface area contributed by atoms with Crippen LogP contribution in [-0.4, -0.2) is 5.54 Å². The van der Waals surface area contributed by atoms with Gasteiger partial charge in [0.1, 0.15) is 0 Å². The zero-order chi connectivity index (χ0) is 14.8. The van der Waals surface area contributed by atoms with E-state index in [1.165, 1.54) is 16.3 Å². The van der Waals surface area contributed by atoms with Crippen LogP contribution in [0.2, 0.25) is 0 Å². The van der Waals surface area contributed by atoms with Gasteiger partial charge < -0.3 is 5.32 Å². The first-order valence-corrected chi connectivity index (χ1v) is 7.49. The van der Waals surface area contributed by atoms with E-state index in [1.807, 2.05) is 0 Å². The highest BCUT2D eigenvalue weighted by molar-refractivity contribution is 5.85. The minimum Gasteiger partial charge on any atom is -0.308 e. The molecule has 0 unspecified atom stereocenters. The van der Waals surface area contributed by atoms with Gasteiger partial charge in [-0.15, -0.1) is 0 Å². The van der Waals surface area contributed by atoms with Crippen molar-refractivity contribution < 1.29 is 0 Å². The van der Waals surface area contributed by atoms with Crippen molar-refractivity contribution in [3.05, 3.63) is 48.0 Å². The van der Waals surface area contributed by atoms with Gasteiger partial charge in [0.2, 0.25) is 0 Å². The molecule has 2 rings (SSSR count). The molecule has 0 aliphatic heterocycles. The van der Waals surface area contributed by atoms with Crippen LogP contribution in [0.3, 0.4) is 0 Å². The Morgan fingerprint density at radius 2 is 1.50 bits per heavy atom. The molecule has 0 saturated carbocycles. The van der Waals surface area contributed by atoms with Gasteiger partial charge >= 0.3 is 0 Å². The molecular formula is C19H27N. The van der Waals surface area contributed by atoms with Crippen molar-refractivity contribution in [2.75, 3.05) is 0 Å². The molecule has 0 heterocycles. The van der Waals surface area contributed by atoms with Crippen LogP contribution in [0.4, 0.5) is 0 Å². The van der Waals surface area contributed by atoms with Gasteiger partial charge in [-0.1, -0.05) is 63.2 Å². The van der Waals surface area contributed by atoms with E-state index < -0.39 is 0 Å². The minimum atomic E-state index is 0.148. The van der Waals surface area contributed by atoms with Crippen molar-refractivity contribution in [1.82, 2.24) is 5.32 Å². The van der Waals surface area contributed by atoms with E-state index >= 15 is 0 Å². The third-order valence-electron chi connectivity index (χ3n) is 3.61. The lowest BCUT2D eigenvalue weighted by atomic mass is 9.81. The molecule has 1 N–H and O–H groups in total. The van der Waals surface area contributed by atoms with Gasteiger partial charge in [0, 0.05) is 12.1 Å².